The van der Waals surface area contributed by atoms with Gasteiger partial charge in [-0.3, -0.25) is 4.79 Å². The second-order valence-electron chi connectivity index (χ2n) is 6.01. The number of aliphatic hydroxyl groups is 1. The van der Waals surface area contributed by atoms with Crippen molar-refractivity contribution in [1.82, 2.24) is 9.99 Å². The number of aliphatic hydroxyl groups excluding tert-OH is 1. The predicted molar refractivity (Wildman–Crippen MR) is 102 cm³/mol. The summed E-state index contributed by atoms with van der Waals surface area (Å²) in [5, 5.41) is 14.0. The molecule has 6 heteroatoms. The molecule has 3 rings (SSSR count). The van der Waals surface area contributed by atoms with E-state index in [1.807, 2.05) is 30.3 Å². The number of para-hydroxylation sites is 1. The summed E-state index contributed by atoms with van der Waals surface area (Å²) in [5.74, 6) is -0.646. The first kappa shape index (κ1) is 18.5. The van der Waals surface area contributed by atoms with Crippen LogP contribution in [0.25, 0.3) is 5.69 Å². The van der Waals surface area contributed by atoms with Gasteiger partial charge in [0.05, 0.1) is 23.7 Å². The molecule has 1 atom stereocenters. The average molecular weight is 365 g/mol. The van der Waals surface area contributed by atoms with Gasteiger partial charge in [0.25, 0.3) is 0 Å². The van der Waals surface area contributed by atoms with E-state index in [-0.39, 0.29) is 18.1 Å². The van der Waals surface area contributed by atoms with Gasteiger partial charge in [-0.1, -0.05) is 42.5 Å². The van der Waals surface area contributed by atoms with Crippen molar-refractivity contribution in [3.63, 3.8) is 0 Å². The maximum atomic E-state index is 13.9. The van der Waals surface area contributed by atoms with Crippen LogP contribution in [0.3, 0.4) is 0 Å². The number of amides is 1. The Morgan fingerprint density at radius 1 is 1.11 bits per heavy atom. The van der Waals surface area contributed by atoms with Crippen LogP contribution in [0.4, 0.5) is 4.39 Å². The number of carbonyl (C=O) groups is 1. The van der Waals surface area contributed by atoms with Gasteiger partial charge in [0, 0.05) is 12.6 Å². The van der Waals surface area contributed by atoms with E-state index in [1.165, 1.54) is 12.3 Å². The van der Waals surface area contributed by atoms with Gasteiger partial charge in [-0.05, 0) is 36.2 Å². The molecule has 1 aromatic heterocycles. The molecule has 0 spiro atoms. The summed E-state index contributed by atoms with van der Waals surface area (Å²) >= 11 is 0. The zero-order valence-corrected chi connectivity index (χ0v) is 14.6. The smallest absolute Gasteiger partial charge is 0.240 e. The molecule has 1 amide bonds. The van der Waals surface area contributed by atoms with E-state index in [0.717, 1.165) is 5.56 Å². The normalized spacial score (nSPS) is 12.2. The van der Waals surface area contributed by atoms with Crippen molar-refractivity contribution in [2.75, 3.05) is 0 Å². The third kappa shape index (κ3) is 4.89. The van der Waals surface area contributed by atoms with Crippen LogP contribution in [0.1, 0.15) is 30.2 Å². The Hall–Kier alpha value is -3.25. The molecule has 138 valence electrons. The number of hydrogen-bond donors (Lipinski definition) is 2. The second-order valence-corrected chi connectivity index (χ2v) is 6.01. The predicted octanol–water partition coefficient (Wildman–Crippen LogP) is 3.58. The zero-order chi connectivity index (χ0) is 19.1. The molecule has 0 saturated carbocycles. The Morgan fingerprint density at radius 3 is 2.63 bits per heavy atom. The van der Waals surface area contributed by atoms with Crippen molar-refractivity contribution in [2.24, 2.45) is 5.10 Å². The molecule has 0 unspecified atom stereocenters. The van der Waals surface area contributed by atoms with Gasteiger partial charge in [-0.2, -0.15) is 5.10 Å². The second kappa shape index (κ2) is 8.91. The molecule has 0 radical (unpaired) electrons. The van der Waals surface area contributed by atoms with Crippen LogP contribution in [0, 0.1) is 5.82 Å². The molecule has 3 aromatic rings. The van der Waals surface area contributed by atoms with Crippen molar-refractivity contribution < 1.29 is 14.3 Å². The number of halogens is 1. The van der Waals surface area contributed by atoms with E-state index in [2.05, 4.69) is 10.5 Å². The number of benzene rings is 2. The fourth-order valence-corrected chi connectivity index (χ4v) is 2.70. The highest BCUT2D eigenvalue weighted by Gasteiger charge is 2.10. The van der Waals surface area contributed by atoms with Crippen molar-refractivity contribution in [3.05, 3.63) is 90.0 Å². The van der Waals surface area contributed by atoms with Crippen molar-refractivity contribution >= 4 is 12.1 Å². The zero-order valence-electron chi connectivity index (χ0n) is 14.6. The molecule has 0 aliphatic rings. The molecule has 2 N–H and O–H groups in total. The maximum absolute atomic E-state index is 13.9. The number of rotatable bonds is 7. The highest BCUT2D eigenvalue weighted by atomic mass is 19.1. The van der Waals surface area contributed by atoms with E-state index in [9.17, 15) is 14.3 Å². The third-order valence-corrected chi connectivity index (χ3v) is 4.11. The van der Waals surface area contributed by atoms with Crippen LogP contribution in [-0.4, -0.2) is 21.8 Å². The molecule has 0 aliphatic heterocycles. The minimum atomic E-state index is -0.695. The number of nitrogens with zero attached hydrogens (tertiary/aromatic N) is 2. The van der Waals surface area contributed by atoms with Crippen LogP contribution in [0.2, 0.25) is 0 Å². The lowest BCUT2D eigenvalue weighted by Gasteiger charge is -2.10. The summed E-state index contributed by atoms with van der Waals surface area (Å²) in [6, 6.07) is 19.1. The van der Waals surface area contributed by atoms with Gasteiger partial charge < -0.3 is 9.67 Å². The van der Waals surface area contributed by atoms with Gasteiger partial charge in [-0.15, -0.1) is 0 Å². The number of hydrogen-bond acceptors (Lipinski definition) is 3. The summed E-state index contributed by atoms with van der Waals surface area (Å²) in [6.45, 7) is 0. The quantitative estimate of drug-likeness (QED) is 0.496. The SMILES string of the molecule is O=C(CC[C@H](O)c1ccccc1)N/N=C\c1cccn1-c1ccccc1F. The first-order valence-electron chi connectivity index (χ1n) is 8.62. The summed E-state index contributed by atoms with van der Waals surface area (Å²) in [4.78, 5) is 11.9. The third-order valence-electron chi connectivity index (χ3n) is 4.11. The molecular weight excluding hydrogens is 345 g/mol. The molecule has 0 aliphatic carbocycles. The van der Waals surface area contributed by atoms with Crippen LogP contribution >= 0.6 is 0 Å². The molecule has 5 nitrogen and oxygen atoms in total. The van der Waals surface area contributed by atoms with E-state index in [1.54, 1.807) is 41.1 Å². The Balaban J connectivity index is 1.55. The summed E-state index contributed by atoms with van der Waals surface area (Å²) in [6.07, 6.45) is 2.92. The van der Waals surface area contributed by atoms with E-state index < -0.39 is 6.10 Å². The van der Waals surface area contributed by atoms with E-state index >= 15 is 0 Å². The lowest BCUT2D eigenvalue weighted by molar-refractivity contribution is -0.121. The first-order valence-corrected chi connectivity index (χ1v) is 8.62. The topological polar surface area (TPSA) is 66.6 Å². The summed E-state index contributed by atoms with van der Waals surface area (Å²) < 4.78 is 15.6. The van der Waals surface area contributed by atoms with Crippen LogP contribution in [-0.2, 0) is 4.79 Å². The Labute approximate surface area is 156 Å². The van der Waals surface area contributed by atoms with Crippen LogP contribution in [0.15, 0.2) is 78.0 Å². The maximum Gasteiger partial charge on any atom is 0.240 e. The van der Waals surface area contributed by atoms with Crippen molar-refractivity contribution in [2.45, 2.75) is 18.9 Å². The van der Waals surface area contributed by atoms with E-state index in [4.69, 9.17) is 0 Å². The van der Waals surface area contributed by atoms with Crippen LogP contribution < -0.4 is 5.43 Å². The number of aromatic nitrogens is 1. The Bertz CT molecular complexity index is 922. The number of carbonyl (C=O) groups excluding carboxylic acids is 1. The summed E-state index contributed by atoms with van der Waals surface area (Å²) in [5.41, 5.74) is 4.24. The molecular formula is C21H20FN3O2. The minimum absolute atomic E-state index is 0.141. The standard InChI is InChI=1S/C21H20FN3O2/c22-18-10-4-5-11-19(18)25-14-6-9-17(25)15-23-24-21(27)13-12-20(26)16-7-2-1-3-8-16/h1-11,14-15,20,26H,12-13H2,(H,24,27)/b23-15-/t20-/m0/s1. The van der Waals surface area contributed by atoms with Crippen molar-refractivity contribution in [3.8, 4) is 5.69 Å². The van der Waals surface area contributed by atoms with Crippen LogP contribution in [0.5, 0.6) is 0 Å². The van der Waals surface area contributed by atoms with Gasteiger partial charge in [0.2, 0.25) is 5.91 Å². The van der Waals surface area contributed by atoms with Crippen molar-refractivity contribution in [1.29, 1.82) is 0 Å². The molecule has 0 fully saturated rings. The summed E-state index contributed by atoms with van der Waals surface area (Å²) in [7, 11) is 0. The highest BCUT2D eigenvalue weighted by molar-refractivity contribution is 5.81. The first-order chi connectivity index (χ1) is 13.1. The van der Waals surface area contributed by atoms with Gasteiger partial charge in [0.15, 0.2) is 0 Å². The largest absolute Gasteiger partial charge is 0.388 e. The number of hydrazone groups is 1. The Morgan fingerprint density at radius 2 is 1.85 bits per heavy atom. The molecule has 1 heterocycles. The van der Waals surface area contributed by atoms with E-state index in [0.29, 0.717) is 17.8 Å². The Kier molecular flexibility index (Phi) is 6.12. The highest BCUT2D eigenvalue weighted by Crippen LogP contribution is 2.17. The van der Waals surface area contributed by atoms with Gasteiger partial charge in [0.1, 0.15) is 5.82 Å². The molecule has 27 heavy (non-hydrogen) atoms. The average Bonchev–Trinajstić information content (AvgIpc) is 3.15. The molecule has 0 saturated heterocycles. The molecule has 0 bridgehead atoms. The minimum Gasteiger partial charge on any atom is -0.388 e. The fourth-order valence-electron chi connectivity index (χ4n) is 2.70. The van der Waals surface area contributed by atoms with Gasteiger partial charge in [-0.25, -0.2) is 9.82 Å². The number of nitrogens with one attached hydrogen (secondary N) is 1. The lowest BCUT2D eigenvalue weighted by atomic mass is 10.1. The molecule has 2 aromatic carbocycles. The monoisotopic (exact) mass is 365 g/mol. The lowest BCUT2D eigenvalue weighted by Crippen LogP contribution is -2.18. The fraction of sp³-hybridized carbons (Fsp3) is 0.143. The van der Waals surface area contributed by atoms with Gasteiger partial charge >= 0.3 is 0 Å².